The lowest BCUT2D eigenvalue weighted by Crippen LogP contribution is -2.00. The highest BCUT2D eigenvalue weighted by Gasteiger charge is 2.10. The zero-order chi connectivity index (χ0) is 12.4. The number of nitrogens with zero attached hydrogens (tertiary/aromatic N) is 3. The first-order valence-electron chi connectivity index (χ1n) is 5.22. The molecule has 2 N–H and O–H groups in total. The Labute approximate surface area is 99.7 Å². The van der Waals surface area contributed by atoms with E-state index in [-0.39, 0.29) is 0 Å². The van der Waals surface area contributed by atoms with E-state index >= 15 is 0 Å². The zero-order valence-electron chi connectivity index (χ0n) is 10.1. The molecule has 0 spiro atoms. The molecule has 17 heavy (non-hydrogen) atoms. The standard InChI is InChI=1S/C12H14N4O/c1-7-4-9(5-8(2)11(7)17-3)10-12(13)14-6-15-16-10/h4-6H,1-3H3,(H2,13,14,15). The van der Waals surface area contributed by atoms with Crippen LogP contribution in [0.1, 0.15) is 11.1 Å². The Balaban J connectivity index is 2.59. The number of anilines is 1. The van der Waals surface area contributed by atoms with Gasteiger partial charge in [-0.05, 0) is 37.1 Å². The predicted octanol–water partition coefficient (Wildman–Crippen LogP) is 1.75. The second kappa shape index (κ2) is 4.37. The van der Waals surface area contributed by atoms with Gasteiger partial charge in [-0.1, -0.05) is 0 Å². The third-order valence-corrected chi connectivity index (χ3v) is 2.59. The molecule has 0 unspecified atom stereocenters. The number of benzene rings is 1. The highest BCUT2D eigenvalue weighted by atomic mass is 16.5. The van der Waals surface area contributed by atoms with Gasteiger partial charge in [-0.3, -0.25) is 0 Å². The molecule has 5 heteroatoms. The number of hydrogen-bond acceptors (Lipinski definition) is 5. The predicted molar refractivity (Wildman–Crippen MR) is 65.7 cm³/mol. The van der Waals surface area contributed by atoms with E-state index in [0.717, 1.165) is 22.4 Å². The monoisotopic (exact) mass is 230 g/mol. The van der Waals surface area contributed by atoms with Crippen LogP contribution in [0.15, 0.2) is 18.5 Å². The molecule has 1 aromatic carbocycles. The van der Waals surface area contributed by atoms with Crippen molar-refractivity contribution in [2.24, 2.45) is 0 Å². The van der Waals surface area contributed by atoms with Crippen LogP contribution in [0, 0.1) is 13.8 Å². The van der Waals surface area contributed by atoms with E-state index in [2.05, 4.69) is 15.2 Å². The molecule has 2 rings (SSSR count). The third kappa shape index (κ3) is 2.04. The summed E-state index contributed by atoms with van der Waals surface area (Å²) in [4.78, 5) is 3.93. The first-order chi connectivity index (χ1) is 8.13. The molecule has 0 bridgehead atoms. The Hall–Kier alpha value is -2.17. The van der Waals surface area contributed by atoms with E-state index in [1.807, 2.05) is 26.0 Å². The number of aryl methyl sites for hydroxylation is 2. The minimum absolute atomic E-state index is 0.379. The maximum Gasteiger partial charge on any atom is 0.153 e. The van der Waals surface area contributed by atoms with Gasteiger partial charge in [0.2, 0.25) is 0 Å². The molecule has 0 aliphatic carbocycles. The summed E-state index contributed by atoms with van der Waals surface area (Å²) in [6.45, 7) is 3.96. The Morgan fingerprint density at radius 2 is 1.82 bits per heavy atom. The Kier molecular flexibility index (Phi) is 2.91. The Morgan fingerprint density at radius 1 is 1.18 bits per heavy atom. The van der Waals surface area contributed by atoms with E-state index in [0.29, 0.717) is 11.5 Å². The molecule has 0 amide bonds. The smallest absolute Gasteiger partial charge is 0.153 e. The molecule has 5 nitrogen and oxygen atoms in total. The van der Waals surface area contributed by atoms with Crippen molar-refractivity contribution in [1.29, 1.82) is 0 Å². The van der Waals surface area contributed by atoms with Gasteiger partial charge in [0.25, 0.3) is 0 Å². The van der Waals surface area contributed by atoms with E-state index in [1.54, 1.807) is 7.11 Å². The van der Waals surface area contributed by atoms with E-state index in [9.17, 15) is 0 Å². The van der Waals surface area contributed by atoms with Gasteiger partial charge in [0, 0.05) is 5.56 Å². The lowest BCUT2D eigenvalue weighted by molar-refractivity contribution is 0.408. The second-order valence-electron chi connectivity index (χ2n) is 3.84. The number of hydrogen-bond donors (Lipinski definition) is 1. The first-order valence-corrected chi connectivity index (χ1v) is 5.22. The van der Waals surface area contributed by atoms with Crippen molar-refractivity contribution in [2.75, 3.05) is 12.8 Å². The molecule has 0 saturated heterocycles. The summed E-state index contributed by atoms with van der Waals surface area (Å²) in [5.74, 6) is 1.26. The molecular weight excluding hydrogens is 216 g/mol. The van der Waals surface area contributed by atoms with Crippen molar-refractivity contribution >= 4 is 5.82 Å². The average molecular weight is 230 g/mol. The maximum atomic E-state index is 5.78. The molecular formula is C12H14N4O. The fraction of sp³-hybridized carbons (Fsp3) is 0.250. The number of ether oxygens (including phenoxy) is 1. The first kappa shape index (κ1) is 11.3. The molecule has 0 aliphatic heterocycles. The summed E-state index contributed by atoms with van der Waals surface area (Å²) in [7, 11) is 1.66. The van der Waals surface area contributed by atoms with E-state index in [1.165, 1.54) is 6.33 Å². The average Bonchev–Trinajstić information content (AvgIpc) is 2.29. The summed E-state index contributed by atoms with van der Waals surface area (Å²) in [6.07, 6.45) is 1.34. The normalized spacial score (nSPS) is 10.3. The van der Waals surface area contributed by atoms with Crippen LogP contribution >= 0.6 is 0 Å². The Morgan fingerprint density at radius 3 is 2.35 bits per heavy atom. The van der Waals surface area contributed by atoms with Crippen LogP contribution in [-0.2, 0) is 0 Å². The fourth-order valence-electron chi connectivity index (χ4n) is 1.90. The molecule has 1 aromatic heterocycles. The van der Waals surface area contributed by atoms with Gasteiger partial charge in [-0.25, -0.2) is 4.98 Å². The topological polar surface area (TPSA) is 73.9 Å². The summed E-state index contributed by atoms with van der Waals surface area (Å²) in [5.41, 5.74) is 9.35. The van der Waals surface area contributed by atoms with Crippen LogP contribution in [0.25, 0.3) is 11.3 Å². The van der Waals surface area contributed by atoms with Crippen molar-refractivity contribution in [3.63, 3.8) is 0 Å². The van der Waals surface area contributed by atoms with Crippen LogP contribution in [0.3, 0.4) is 0 Å². The van der Waals surface area contributed by atoms with Crippen LogP contribution in [0.5, 0.6) is 5.75 Å². The van der Waals surface area contributed by atoms with Crippen LogP contribution < -0.4 is 10.5 Å². The van der Waals surface area contributed by atoms with Gasteiger partial charge in [0.15, 0.2) is 5.82 Å². The molecule has 0 aliphatic rings. The van der Waals surface area contributed by atoms with Crippen molar-refractivity contribution in [2.45, 2.75) is 13.8 Å². The summed E-state index contributed by atoms with van der Waals surface area (Å²) >= 11 is 0. The third-order valence-electron chi connectivity index (χ3n) is 2.59. The van der Waals surface area contributed by atoms with Gasteiger partial charge in [-0.15, -0.1) is 10.2 Å². The lowest BCUT2D eigenvalue weighted by Gasteiger charge is -2.11. The fourth-order valence-corrected chi connectivity index (χ4v) is 1.90. The highest BCUT2D eigenvalue weighted by Crippen LogP contribution is 2.30. The van der Waals surface area contributed by atoms with Gasteiger partial charge >= 0.3 is 0 Å². The number of rotatable bonds is 2. The van der Waals surface area contributed by atoms with Gasteiger partial charge < -0.3 is 10.5 Å². The summed E-state index contributed by atoms with van der Waals surface area (Å²) < 4.78 is 5.31. The Bertz CT molecular complexity index is 531. The molecule has 0 saturated carbocycles. The minimum atomic E-state index is 0.379. The van der Waals surface area contributed by atoms with Crippen molar-refractivity contribution < 1.29 is 4.74 Å². The van der Waals surface area contributed by atoms with E-state index in [4.69, 9.17) is 10.5 Å². The van der Waals surface area contributed by atoms with Crippen LogP contribution in [-0.4, -0.2) is 22.3 Å². The number of nitrogens with two attached hydrogens (primary N) is 1. The number of aromatic nitrogens is 3. The van der Waals surface area contributed by atoms with Crippen LogP contribution in [0.4, 0.5) is 5.82 Å². The molecule has 88 valence electrons. The molecule has 0 radical (unpaired) electrons. The van der Waals surface area contributed by atoms with E-state index < -0.39 is 0 Å². The molecule has 1 heterocycles. The SMILES string of the molecule is COc1c(C)cc(-c2nncnc2N)cc1C. The number of nitrogen functional groups attached to an aromatic ring is 1. The zero-order valence-corrected chi connectivity index (χ0v) is 10.1. The van der Waals surface area contributed by atoms with Gasteiger partial charge in [-0.2, -0.15) is 0 Å². The maximum absolute atomic E-state index is 5.78. The quantitative estimate of drug-likeness (QED) is 0.850. The largest absolute Gasteiger partial charge is 0.496 e. The molecule has 2 aromatic rings. The van der Waals surface area contributed by atoms with Crippen LogP contribution in [0.2, 0.25) is 0 Å². The van der Waals surface area contributed by atoms with Gasteiger partial charge in [0.1, 0.15) is 17.8 Å². The van der Waals surface area contributed by atoms with Crippen molar-refractivity contribution in [3.05, 3.63) is 29.6 Å². The molecule has 0 atom stereocenters. The van der Waals surface area contributed by atoms with Crippen molar-refractivity contribution in [3.8, 4) is 17.0 Å². The summed E-state index contributed by atoms with van der Waals surface area (Å²) in [5, 5.41) is 7.76. The van der Waals surface area contributed by atoms with Crippen molar-refractivity contribution in [1.82, 2.24) is 15.2 Å². The summed E-state index contributed by atoms with van der Waals surface area (Å²) in [6, 6.07) is 3.93. The minimum Gasteiger partial charge on any atom is -0.496 e. The molecule has 0 fully saturated rings. The number of methoxy groups -OCH3 is 1. The highest BCUT2D eigenvalue weighted by molar-refractivity contribution is 5.71. The van der Waals surface area contributed by atoms with Gasteiger partial charge in [0.05, 0.1) is 7.11 Å². The lowest BCUT2D eigenvalue weighted by atomic mass is 10.0. The second-order valence-corrected chi connectivity index (χ2v) is 3.84.